The molecule has 0 aliphatic carbocycles. The van der Waals surface area contributed by atoms with E-state index < -0.39 is 0 Å². The highest BCUT2D eigenvalue weighted by molar-refractivity contribution is 5.82. The number of anilines is 1. The molecule has 3 aromatic rings. The lowest BCUT2D eigenvalue weighted by atomic mass is 9.95. The Balaban J connectivity index is 1.36. The Morgan fingerprint density at radius 1 is 1.11 bits per heavy atom. The van der Waals surface area contributed by atoms with E-state index in [-0.39, 0.29) is 17.9 Å². The number of piperidine rings is 1. The van der Waals surface area contributed by atoms with Crippen LogP contribution < -0.4 is 19.7 Å². The molecular weight excluding hydrogens is 458 g/mol. The number of rotatable bonds is 7. The maximum Gasteiger partial charge on any atom is 0.223 e. The Morgan fingerprint density at radius 2 is 1.89 bits per heavy atom. The summed E-state index contributed by atoms with van der Waals surface area (Å²) in [4.78, 5) is 19.9. The summed E-state index contributed by atoms with van der Waals surface area (Å²) in [6.45, 7) is 7.02. The first-order chi connectivity index (χ1) is 17.5. The van der Waals surface area contributed by atoms with Crippen LogP contribution in [-0.4, -0.2) is 67.1 Å². The average Bonchev–Trinajstić information content (AvgIpc) is 3.53. The largest absolute Gasteiger partial charge is 0.493 e. The lowest BCUT2D eigenvalue weighted by Gasteiger charge is -2.33. The number of carbonyl (C=O) groups is 1. The molecule has 5 rings (SSSR count). The monoisotopic (exact) mass is 493 g/mol. The van der Waals surface area contributed by atoms with Crippen molar-refractivity contribution in [3.05, 3.63) is 35.7 Å². The number of methoxy groups -OCH3 is 2. The minimum absolute atomic E-state index is 0.0303. The number of carbonyl (C=O) groups excluding carboxylic acids is 1. The van der Waals surface area contributed by atoms with E-state index in [9.17, 15) is 4.79 Å². The number of nitrogens with one attached hydrogen (secondary N) is 1. The van der Waals surface area contributed by atoms with Crippen LogP contribution in [0, 0.1) is 19.8 Å². The summed E-state index contributed by atoms with van der Waals surface area (Å²) in [7, 11) is 3.27. The van der Waals surface area contributed by atoms with Crippen molar-refractivity contribution in [1.82, 2.24) is 19.9 Å². The highest BCUT2D eigenvalue weighted by atomic mass is 16.5. The van der Waals surface area contributed by atoms with E-state index in [1.165, 1.54) is 0 Å². The standard InChI is InChI=1S/C27H35N5O4/c1-17-14-24(31-11-9-19(10-12-31)27(33)28-16-21-6-5-13-36-21)32-26(29-17)25(18(2)30-32)20-7-8-22(34-3)23(15-20)35-4/h7-8,14-15,19,21H,5-6,9-13,16H2,1-4H3,(H,28,33). The van der Waals surface area contributed by atoms with Crippen molar-refractivity contribution in [1.29, 1.82) is 0 Å². The van der Waals surface area contributed by atoms with E-state index in [2.05, 4.69) is 16.3 Å². The first-order valence-corrected chi connectivity index (χ1v) is 12.7. The fraction of sp³-hybridized carbons (Fsp3) is 0.519. The first-order valence-electron chi connectivity index (χ1n) is 12.7. The van der Waals surface area contributed by atoms with Gasteiger partial charge in [-0.1, -0.05) is 6.07 Å². The molecule has 0 bridgehead atoms. The number of nitrogens with zero attached hydrogens (tertiary/aromatic N) is 4. The zero-order valence-corrected chi connectivity index (χ0v) is 21.5. The van der Waals surface area contributed by atoms with Gasteiger partial charge in [0, 0.05) is 49.5 Å². The summed E-state index contributed by atoms with van der Waals surface area (Å²) in [5.74, 6) is 2.53. The zero-order chi connectivity index (χ0) is 25.2. The molecule has 2 fully saturated rings. The Morgan fingerprint density at radius 3 is 2.58 bits per heavy atom. The molecular formula is C27H35N5O4. The number of ether oxygens (including phenoxy) is 3. The summed E-state index contributed by atoms with van der Waals surface area (Å²) >= 11 is 0. The second-order valence-corrected chi connectivity index (χ2v) is 9.66. The number of hydrogen-bond donors (Lipinski definition) is 1. The van der Waals surface area contributed by atoms with Gasteiger partial charge in [-0.3, -0.25) is 4.79 Å². The van der Waals surface area contributed by atoms with Gasteiger partial charge in [-0.2, -0.15) is 9.61 Å². The summed E-state index contributed by atoms with van der Waals surface area (Å²) in [6, 6.07) is 7.96. The molecule has 0 spiro atoms. The van der Waals surface area contributed by atoms with Crippen LogP contribution in [0.3, 0.4) is 0 Å². The van der Waals surface area contributed by atoms with Crippen LogP contribution in [0.4, 0.5) is 5.82 Å². The molecule has 1 unspecified atom stereocenters. The van der Waals surface area contributed by atoms with Crippen LogP contribution in [0.25, 0.3) is 16.8 Å². The van der Waals surface area contributed by atoms with Gasteiger partial charge in [0.2, 0.25) is 5.91 Å². The van der Waals surface area contributed by atoms with E-state index >= 15 is 0 Å². The number of aromatic nitrogens is 3. The molecule has 1 aromatic carbocycles. The number of hydrogen-bond acceptors (Lipinski definition) is 7. The highest BCUT2D eigenvalue weighted by Gasteiger charge is 2.28. The van der Waals surface area contributed by atoms with Crippen LogP contribution in [0.2, 0.25) is 0 Å². The van der Waals surface area contributed by atoms with Gasteiger partial charge in [0.1, 0.15) is 5.82 Å². The minimum Gasteiger partial charge on any atom is -0.493 e. The molecule has 1 amide bonds. The predicted molar refractivity (Wildman–Crippen MR) is 138 cm³/mol. The Hall–Kier alpha value is -3.33. The molecule has 0 radical (unpaired) electrons. The van der Waals surface area contributed by atoms with Gasteiger partial charge in [-0.05, 0) is 57.2 Å². The van der Waals surface area contributed by atoms with Gasteiger partial charge >= 0.3 is 0 Å². The Kier molecular flexibility index (Phi) is 7.00. The second-order valence-electron chi connectivity index (χ2n) is 9.66. The normalized spacial score (nSPS) is 18.6. The number of aryl methyl sites for hydroxylation is 2. The molecule has 2 aliphatic rings. The topological polar surface area (TPSA) is 90.2 Å². The fourth-order valence-electron chi connectivity index (χ4n) is 5.32. The number of benzene rings is 1. The maximum absolute atomic E-state index is 12.7. The van der Waals surface area contributed by atoms with Crippen LogP contribution in [0.5, 0.6) is 11.5 Å². The molecule has 2 aliphatic heterocycles. The zero-order valence-electron chi connectivity index (χ0n) is 21.5. The van der Waals surface area contributed by atoms with Crippen molar-refractivity contribution in [2.75, 3.05) is 45.4 Å². The third kappa shape index (κ3) is 4.72. The number of amides is 1. The second kappa shape index (κ2) is 10.3. The van der Waals surface area contributed by atoms with Crippen LogP contribution in [-0.2, 0) is 9.53 Å². The SMILES string of the molecule is COc1ccc(-c2c(C)nn3c(N4CCC(C(=O)NCC5CCCO5)CC4)cc(C)nc23)cc1OC. The van der Waals surface area contributed by atoms with E-state index in [1.807, 2.05) is 36.6 Å². The molecule has 9 heteroatoms. The predicted octanol–water partition coefficient (Wildman–Crippen LogP) is 3.54. The van der Waals surface area contributed by atoms with Gasteiger partial charge < -0.3 is 24.4 Å². The summed E-state index contributed by atoms with van der Waals surface area (Å²) < 4.78 is 18.5. The lowest BCUT2D eigenvalue weighted by Crippen LogP contribution is -2.43. The van der Waals surface area contributed by atoms with E-state index in [4.69, 9.17) is 24.3 Å². The van der Waals surface area contributed by atoms with E-state index in [1.54, 1.807) is 14.2 Å². The lowest BCUT2D eigenvalue weighted by molar-refractivity contribution is -0.126. The van der Waals surface area contributed by atoms with Crippen molar-refractivity contribution in [3.63, 3.8) is 0 Å². The highest BCUT2D eigenvalue weighted by Crippen LogP contribution is 2.36. The minimum atomic E-state index is 0.0303. The molecule has 4 heterocycles. The van der Waals surface area contributed by atoms with E-state index in [0.717, 1.165) is 79.4 Å². The van der Waals surface area contributed by atoms with Gasteiger partial charge in [-0.25, -0.2) is 4.98 Å². The van der Waals surface area contributed by atoms with Crippen LogP contribution in [0.1, 0.15) is 37.1 Å². The quantitative estimate of drug-likeness (QED) is 0.538. The summed E-state index contributed by atoms with van der Waals surface area (Å²) in [5, 5.41) is 7.98. The molecule has 2 aromatic heterocycles. The molecule has 2 saturated heterocycles. The summed E-state index contributed by atoms with van der Waals surface area (Å²) in [5.41, 5.74) is 4.58. The maximum atomic E-state index is 12.7. The molecule has 0 saturated carbocycles. The third-order valence-corrected chi connectivity index (χ3v) is 7.26. The van der Waals surface area contributed by atoms with Crippen LogP contribution in [0.15, 0.2) is 24.3 Å². The molecule has 36 heavy (non-hydrogen) atoms. The van der Waals surface area contributed by atoms with Crippen LogP contribution >= 0.6 is 0 Å². The third-order valence-electron chi connectivity index (χ3n) is 7.26. The Labute approximate surface area is 211 Å². The fourth-order valence-corrected chi connectivity index (χ4v) is 5.32. The molecule has 9 nitrogen and oxygen atoms in total. The van der Waals surface area contributed by atoms with Gasteiger partial charge in [0.15, 0.2) is 17.1 Å². The van der Waals surface area contributed by atoms with Gasteiger partial charge in [-0.15, -0.1) is 0 Å². The molecule has 192 valence electrons. The van der Waals surface area contributed by atoms with Crippen molar-refractivity contribution >= 4 is 17.4 Å². The van der Waals surface area contributed by atoms with Crippen molar-refractivity contribution < 1.29 is 19.0 Å². The van der Waals surface area contributed by atoms with Crippen molar-refractivity contribution in [3.8, 4) is 22.6 Å². The van der Waals surface area contributed by atoms with Crippen molar-refractivity contribution in [2.24, 2.45) is 5.92 Å². The molecule has 1 N–H and O–H groups in total. The van der Waals surface area contributed by atoms with Crippen molar-refractivity contribution in [2.45, 2.75) is 45.6 Å². The smallest absolute Gasteiger partial charge is 0.223 e. The van der Waals surface area contributed by atoms with Gasteiger partial charge in [0.25, 0.3) is 0 Å². The van der Waals surface area contributed by atoms with E-state index in [0.29, 0.717) is 18.0 Å². The summed E-state index contributed by atoms with van der Waals surface area (Å²) in [6.07, 6.45) is 3.90. The average molecular weight is 494 g/mol. The Bertz CT molecular complexity index is 1240. The van der Waals surface area contributed by atoms with Gasteiger partial charge in [0.05, 0.1) is 26.0 Å². The number of fused-ring (bicyclic) bond motifs is 1. The molecule has 1 atom stereocenters. The first kappa shape index (κ1) is 24.4.